The van der Waals surface area contributed by atoms with Crippen molar-refractivity contribution in [3.8, 4) is 0 Å². The van der Waals surface area contributed by atoms with Crippen LogP contribution >= 0.6 is 0 Å². The molecule has 8 rings (SSSR count). The van der Waals surface area contributed by atoms with Gasteiger partial charge in [-0.15, -0.1) is 0 Å². The Morgan fingerprint density at radius 3 is 2.20 bits per heavy atom. The largest absolute Gasteiger partial charge is 0.392 e. The lowest BCUT2D eigenvalue weighted by molar-refractivity contribution is -0.263. The van der Waals surface area contributed by atoms with Crippen LogP contribution in [0.1, 0.15) is 125 Å². The lowest BCUT2D eigenvalue weighted by atomic mass is 9.30. The summed E-state index contributed by atoms with van der Waals surface area (Å²) in [5, 5.41) is 35.3. The molecule has 0 heterocycles. The van der Waals surface area contributed by atoms with Gasteiger partial charge < -0.3 is 15.3 Å². The molecule has 0 aromatic carbocycles. The number of aliphatic hydroxyl groups excluding tert-OH is 2. The highest BCUT2D eigenvalue weighted by molar-refractivity contribution is 5.93. The molecule has 268 valence electrons. The van der Waals surface area contributed by atoms with Crippen molar-refractivity contribution < 1.29 is 34.5 Å². The van der Waals surface area contributed by atoms with Gasteiger partial charge in [0.2, 0.25) is 0 Å². The maximum absolute atomic E-state index is 14.1. The van der Waals surface area contributed by atoms with Gasteiger partial charge in [-0.3, -0.25) is 19.2 Å². The summed E-state index contributed by atoms with van der Waals surface area (Å²) in [5.74, 6) is 1.07. The van der Waals surface area contributed by atoms with Gasteiger partial charge in [-0.05, 0) is 148 Å². The van der Waals surface area contributed by atoms with Crippen molar-refractivity contribution >= 4 is 23.1 Å². The van der Waals surface area contributed by atoms with Crippen LogP contribution in [0.4, 0.5) is 0 Å². The zero-order valence-corrected chi connectivity index (χ0v) is 30.4. The molecule has 0 radical (unpaired) electrons. The van der Waals surface area contributed by atoms with Crippen LogP contribution in [0, 0.1) is 68.5 Å². The quantitative estimate of drug-likeness (QED) is 0.328. The van der Waals surface area contributed by atoms with Crippen LogP contribution < -0.4 is 0 Å². The number of carbonyl (C=O) groups is 4. The molecular weight excluding hydrogens is 616 g/mol. The van der Waals surface area contributed by atoms with E-state index in [4.69, 9.17) is 0 Å². The third-order valence-electron chi connectivity index (χ3n) is 18.2. The molecule has 14 atom stereocenters. The van der Waals surface area contributed by atoms with E-state index in [0.29, 0.717) is 49.2 Å². The van der Waals surface area contributed by atoms with Crippen molar-refractivity contribution in [3.05, 3.63) is 23.3 Å². The van der Waals surface area contributed by atoms with Gasteiger partial charge in [0.1, 0.15) is 18.0 Å². The molecule has 0 amide bonds. The first kappa shape index (κ1) is 34.1. The fourth-order valence-electron chi connectivity index (χ4n) is 16.2. The molecule has 7 nitrogen and oxygen atoms in total. The predicted octanol–water partition coefficient (Wildman–Crippen LogP) is 6.12. The van der Waals surface area contributed by atoms with Crippen LogP contribution in [0.2, 0.25) is 0 Å². The smallest absolute Gasteiger partial charge is 0.190 e. The predicted molar refractivity (Wildman–Crippen MR) is 184 cm³/mol. The van der Waals surface area contributed by atoms with Crippen LogP contribution in [0.3, 0.4) is 0 Å². The average molecular weight is 675 g/mol. The SMILES string of the molecule is CC(=O)[C@H]1CC[C@H]2[C@@H]3CCC4=CC(=O)CC([C@]56[C@@H](O)C[C@@]7(C)[C@@H](CC[C@]7(O)C(=O)CO)[C@@H]5CCC5=CC(=O)CC[C@@]56C)[C@]4(C)[C@H]3CC[C@]12C. The molecule has 6 fully saturated rings. The van der Waals surface area contributed by atoms with E-state index in [-0.39, 0.29) is 58.9 Å². The van der Waals surface area contributed by atoms with Crippen molar-refractivity contribution in [1.82, 2.24) is 0 Å². The Labute approximate surface area is 291 Å². The highest BCUT2D eigenvalue weighted by Crippen LogP contribution is 2.79. The Morgan fingerprint density at radius 1 is 0.796 bits per heavy atom. The maximum Gasteiger partial charge on any atom is 0.190 e. The zero-order valence-electron chi connectivity index (χ0n) is 30.4. The first-order chi connectivity index (χ1) is 23.0. The normalized spacial score (nSPS) is 53.2. The summed E-state index contributed by atoms with van der Waals surface area (Å²) in [6.45, 7) is 10.1. The molecule has 1 unspecified atom stereocenters. The van der Waals surface area contributed by atoms with Crippen LogP contribution in [-0.2, 0) is 19.2 Å². The van der Waals surface area contributed by atoms with Crippen LogP contribution in [0.25, 0.3) is 0 Å². The minimum atomic E-state index is -1.71. The number of hydrogen-bond donors (Lipinski definition) is 3. The van der Waals surface area contributed by atoms with Gasteiger partial charge in [-0.25, -0.2) is 0 Å². The van der Waals surface area contributed by atoms with Crippen LogP contribution in [0.5, 0.6) is 0 Å². The van der Waals surface area contributed by atoms with E-state index in [2.05, 4.69) is 20.8 Å². The molecule has 0 saturated heterocycles. The summed E-state index contributed by atoms with van der Waals surface area (Å²) in [5.41, 5.74) is -1.88. The summed E-state index contributed by atoms with van der Waals surface area (Å²) in [4.78, 5) is 53.3. The third-order valence-corrected chi connectivity index (χ3v) is 18.2. The van der Waals surface area contributed by atoms with Crippen molar-refractivity contribution in [2.75, 3.05) is 6.61 Å². The highest BCUT2D eigenvalue weighted by Gasteiger charge is 2.77. The van der Waals surface area contributed by atoms with Crippen molar-refractivity contribution in [2.45, 2.75) is 136 Å². The number of Topliss-reactive ketones (excluding diaryl/α,β-unsaturated/α-hetero) is 2. The summed E-state index contributed by atoms with van der Waals surface area (Å²) >= 11 is 0. The van der Waals surface area contributed by atoms with E-state index in [1.54, 1.807) is 6.92 Å². The minimum absolute atomic E-state index is 0.00154. The molecule has 0 aromatic rings. The topological polar surface area (TPSA) is 129 Å². The van der Waals surface area contributed by atoms with Gasteiger partial charge in [0.05, 0.1) is 6.10 Å². The highest BCUT2D eigenvalue weighted by atomic mass is 16.3. The first-order valence-corrected chi connectivity index (χ1v) is 19.6. The molecular formula is C42H58O7. The molecule has 6 saturated carbocycles. The molecule has 0 bridgehead atoms. The Bertz CT molecular complexity index is 1580. The van der Waals surface area contributed by atoms with Gasteiger partial charge in [-0.2, -0.15) is 0 Å². The van der Waals surface area contributed by atoms with E-state index in [9.17, 15) is 34.5 Å². The number of carbonyl (C=O) groups excluding carboxylic acids is 4. The van der Waals surface area contributed by atoms with Gasteiger partial charge in [0, 0.05) is 29.6 Å². The number of hydrogen-bond acceptors (Lipinski definition) is 7. The molecule has 0 aromatic heterocycles. The molecule has 0 spiro atoms. The number of allylic oxidation sites excluding steroid dienone is 2. The molecule has 3 N–H and O–H groups in total. The fourth-order valence-corrected chi connectivity index (χ4v) is 16.2. The van der Waals surface area contributed by atoms with Crippen LogP contribution in [-0.4, -0.2) is 56.8 Å². The van der Waals surface area contributed by atoms with Gasteiger partial charge in [0.15, 0.2) is 17.3 Å². The summed E-state index contributed by atoms with van der Waals surface area (Å²) in [6, 6.07) is 0. The lowest BCUT2D eigenvalue weighted by Gasteiger charge is -2.73. The van der Waals surface area contributed by atoms with Gasteiger partial charge in [0.25, 0.3) is 0 Å². The number of rotatable bonds is 4. The minimum Gasteiger partial charge on any atom is -0.392 e. The Balaban J connectivity index is 1.31. The zero-order chi connectivity index (χ0) is 35.1. The average Bonchev–Trinajstić information content (AvgIpc) is 3.54. The van der Waals surface area contributed by atoms with E-state index >= 15 is 0 Å². The fraction of sp³-hybridized carbons (Fsp3) is 0.810. The second-order valence-corrected chi connectivity index (χ2v) is 19.1. The maximum atomic E-state index is 14.1. The first-order valence-electron chi connectivity index (χ1n) is 19.6. The molecule has 7 heteroatoms. The Hall–Kier alpha value is -1.96. The Kier molecular flexibility index (Phi) is 7.52. The second kappa shape index (κ2) is 10.8. The Morgan fingerprint density at radius 2 is 1.49 bits per heavy atom. The van der Waals surface area contributed by atoms with E-state index in [0.717, 1.165) is 56.9 Å². The number of ketones is 4. The van der Waals surface area contributed by atoms with E-state index < -0.39 is 40.3 Å². The monoisotopic (exact) mass is 674 g/mol. The number of fused-ring (bicyclic) bond motifs is 10. The van der Waals surface area contributed by atoms with Crippen LogP contribution in [0.15, 0.2) is 23.3 Å². The summed E-state index contributed by atoms with van der Waals surface area (Å²) < 4.78 is 0. The van der Waals surface area contributed by atoms with Gasteiger partial charge >= 0.3 is 0 Å². The summed E-state index contributed by atoms with van der Waals surface area (Å²) in [6.07, 6.45) is 12.8. The third kappa shape index (κ3) is 3.97. The number of aliphatic hydroxyl groups is 3. The van der Waals surface area contributed by atoms with Crippen molar-refractivity contribution in [2.24, 2.45) is 68.5 Å². The molecule has 8 aliphatic carbocycles. The van der Waals surface area contributed by atoms with E-state index in [1.165, 1.54) is 5.57 Å². The molecule has 49 heavy (non-hydrogen) atoms. The lowest BCUT2D eigenvalue weighted by Crippen LogP contribution is -2.72. The summed E-state index contributed by atoms with van der Waals surface area (Å²) in [7, 11) is 0. The van der Waals surface area contributed by atoms with Crippen molar-refractivity contribution in [1.29, 1.82) is 0 Å². The van der Waals surface area contributed by atoms with E-state index in [1.807, 2.05) is 19.1 Å². The van der Waals surface area contributed by atoms with Crippen molar-refractivity contribution in [3.63, 3.8) is 0 Å². The second-order valence-electron chi connectivity index (χ2n) is 19.1. The molecule has 0 aliphatic heterocycles. The van der Waals surface area contributed by atoms with Gasteiger partial charge in [-0.1, -0.05) is 38.8 Å². The standard InChI is InChI=1S/C42H58O7/c1-23(44)29-10-11-30-28-8-6-25-19-27(46)20-34(40(25,5)31(28)13-15-37(29,30)2)42-33(9-7-24-18-26(45)12-16-38(24,42)3)32-14-17-41(49,36(48)22-43)39(32,4)21-35(42)47/h18-19,28-35,43,47,49H,6-17,20-22H2,1-5H3/t28-,29+,30-,31-,32-,33-,34?,35-,37+,38-,39-,40-,41-,42-/m0/s1. The molecule has 8 aliphatic rings.